The molecule has 0 aromatic rings. The summed E-state index contributed by atoms with van der Waals surface area (Å²) in [6.45, 7) is 10.7. The van der Waals surface area contributed by atoms with Crippen molar-refractivity contribution >= 4 is 11.9 Å². The Kier molecular flexibility index (Phi) is 28.3. The number of methoxy groups -OCH3 is 1. The third kappa shape index (κ3) is 23.9. The van der Waals surface area contributed by atoms with Crippen LogP contribution in [0.2, 0.25) is 0 Å². The van der Waals surface area contributed by atoms with Crippen LogP contribution in [0.4, 0.5) is 0 Å². The Morgan fingerprint density at radius 2 is 1.47 bits per heavy atom. The molecule has 0 spiro atoms. The highest BCUT2D eigenvalue weighted by Gasteiger charge is 2.35. The molecule has 338 valence electrons. The van der Waals surface area contributed by atoms with Crippen molar-refractivity contribution < 1.29 is 54.8 Å². The number of carboxylic acid groups (broad SMARTS) is 1. The topological polar surface area (TPSA) is 194 Å². The Balaban J connectivity index is 2.98. The molecule has 1 rings (SSSR count). The van der Waals surface area contributed by atoms with E-state index in [1.807, 2.05) is 98.9 Å². The molecule has 0 amide bonds. The Labute approximate surface area is 359 Å². The summed E-state index contributed by atoms with van der Waals surface area (Å²) in [5.74, 6) is -3.64. The quantitative estimate of drug-likeness (QED) is 0.0493. The first kappa shape index (κ1) is 54.3. The molecule has 0 radical (unpaired) electrons. The molecule has 0 saturated heterocycles. The number of carbonyl (C=O) groups is 2. The van der Waals surface area contributed by atoms with E-state index in [9.17, 15) is 40.2 Å². The summed E-state index contributed by atoms with van der Waals surface area (Å²) in [7, 11) is 1.66. The van der Waals surface area contributed by atoms with E-state index in [0.29, 0.717) is 38.5 Å². The summed E-state index contributed by atoms with van der Waals surface area (Å²) in [6.07, 6.45) is 26.7. The number of cyclic esters (lactones) is 1. The summed E-state index contributed by atoms with van der Waals surface area (Å²) in [5.41, 5.74) is 1.61. The number of aliphatic carboxylic acids is 1. The standard InChI is InChI=1S/C49H76O11/c1-34(22-17-13-11-9-8-10-12-14-19-24-40(50)30-35(2)28-29-46(54)55)31-43(52)37(4)45-32-41(51)25-21-27-42(59-7)26-20-16-15-18-23-36(3)48(57)39(6)49(58)38(5)44(53)33-47(56)60-45/h8-20,22,30-31,36-45,48-53,57-58H,21,23-29,32-33H2,1-7H3,(H,54,55)/b9-8+,12-10+,13-11+,18-15+,19-14+,20-16+,22-17+,34-31+,35-30+/t36-,37+,38+,39-,40-,41+,42+,43+,44+,45-,48+,49-/m0/s1. The van der Waals surface area contributed by atoms with Crippen LogP contribution in [0, 0.1) is 23.7 Å². The van der Waals surface area contributed by atoms with Gasteiger partial charge in [-0.1, -0.05) is 136 Å². The van der Waals surface area contributed by atoms with E-state index >= 15 is 0 Å². The number of ether oxygens (including phenoxy) is 2. The molecule has 60 heavy (non-hydrogen) atoms. The maximum Gasteiger partial charge on any atom is 0.308 e. The van der Waals surface area contributed by atoms with E-state index in [2.05, 4.69) is 0 Å². The van der Waals surface area contributed by atoms with Crippen molar-refractivity contribution in [1.29, 1.82) is 0 Å². The Bertz CT molecular complexity index is 1500. The molecule has 0 unspecified atom stereocenters. The Morgan fingerprint density at radius 3 is 2.10 bits per heavy atom. The molecule has 0 bridgehead atoms. The number of hydrogen-bond acceptors (Lipinski definition) is 10. The first-order valence-corrected chi connectivity index (χ1v) is 21.5. The molecule has 1 aliphatic rings. The SMILES string of the molecule is CO[C@@H]1C/C=C/C=C/C[C@H](C)[C@@H](O)[C@H](C)[C@@H](O)[C@H](C)[C@H](O)CC(=O)O[C@H]([C@H](C)[C@H](O)/C=C(C)/C=C/C=C/C=C/C=C/C=C/C[C@H](O)/C=C(\C)CCC(=O)O)C[C@H](O)CCC1. The fourth-order valence-electron chi connectivity index (χ4n) is 6.86. The van der Waals surface area contributed by atoms with Gasteiger partial charge in [0, 0.05) is 37.7 Å². The van der Waals surface area contributed by atoms with E-state index < -0.39 is 78.8 Å². The number of aliphatic hydroxyl groups excluding tert-OH is 6. The van der Waals surface area contributed by atoms with Crippen molar-refractivity contribution in [3.8, 4) is 0 Å². The monoisotopic (exact) mass is 841 g/mol. The van der Waals surface area contributed by atoms with Crippen LogP contribution in [0.5, 0.6) is 0 Å². The molecule has 1 aliphatic heterocycles. The molecule has 7 N–H and O–H groups in total. The molecule has 0 aromatic carbocycles. The van der Waals surface area contributed by atoms with E-state index in [4.69, 9.17) is 14.6 Å². The number of carboxylic acids is 1. The predicted octanol–water partition coefficient (Wildman–Crippen LogP) is 7.41. The minimum Gasteiger partial charge on any atom is -0.481 e. The van der Waals surface area contributed by atoms with E-state index in [1.165, 1.54) is 0 Å². The normalized spacial score (nSPS) is 30.9. The largest absolute Gasteiger partial charge is 0.481 e. The van der Waals surface area contributed by atoms with Crippen molar-refractivity contribution in [3.05, 3.63) is 108 Å². The van der Waals surface area contributed by atoms with Crippen LogP contribution in [0.15, 0.2) is 108 Å². The molecule has 0 saturated carbocycles. The maximum absolute atomic E-state index is 13.3. The van der Waals surface area contributed by atoms with Crippen molar-refractivity contribution in [2.45, 2.75) is 155 Å². The number of carbonyl (C=O) groups excluding carboxylic acids is 1. The van der Waals surface area contributed by atoms with Gasteiger partial charge < -0.3 is 45.2 Å². The van der Waals surface area contributed by atoms with Gasteiger partial charge in [-0.3, -0.25) is 9.59 Å². The average Bonchev–Trinajstić information content (AvgIpc) is 3.20. The van der Waals surface area contributed by atoms with Gasteiger partial charge in [0.05, 0.1) is 49.1 Å². The molecule has 12 atom stereocenters. The highest BCUT2D eigenvalue weighted by Crippen LogP contribution is 2.28. The summed E-state index contributed by atoms with van der Waals surface area (Å²) in [4.78, 5) is 23.9. The first-order chi connectivity index (χ1) is 28.5. The van der Waals surface area contributed by atoms with Crippen molar-refractivity contribution in [1.82, 2.24) is 0 Å². The molecular weight excluding hydrogens is 765 g/mol. The van der Waals surface area contributed by atoms with Crippen molar-refractivity contribution in [3.63, 3.8) is 0 Å². The van der Waals surface area contributed by atoms with Gasteiger partial charge in [0.15, 0.2) is 0 Å². The van der Waals surface area contributed by atoms with Crippen LogP contribution in [-0.2, 0) is 19.1 Å². The summed E-state index contributed by atoms with van der Waals surface area (Å²) in [6, 6.07) is 0. The van der Waals surface area contributed by atoms with Gasteiger partial charge in [-0.05, 0) is 64.7 Å². The van der Waals surface area contributed by atoms with Crippen LogP contribution in [0.1, 0.15) is 106 Å². The number of esters is 1. The minimum atomic E-state index is -1.25. The third-order valence-electron chi connectivity index (χ3n) is 11.1. The van der Waals surface area contributed by atoms with E-state index in [-0.39, 0.29) is 24.9 Å². The molecule has 11 nitrogen and oxygen atoms in total. The minimum absolute atomic E-state index is 0.0389. The van der Waals surface area contributed by atoms with Crippen molar-refractivity contribution in [2.75, 3.05) is 7.11 Å². The van der Waals surface area contributed by atoms with Crippen molar-refractivity contribution in [2.24, 2.45) is 23.7 Å². The highest BCUT2D eigenvalue weighted by atomic mass is 16.5. The maximum atomic E-state index is 13.3. The lowest BCUT2D eigenvalue weighted by Crippen LogP contribution is -2.42. The number of allylic oxidation sites excluding steroid dienone is 14. The Hall–Kier alpha value is -3.68. The van der Waals surface area contributed by atoms with Crippen LogP contribution < -0.4 is 0 Å². The number of aliphatic hydroxyl groups is 6. The zero-order valence-corrected chi connectivity index (χ0v) is 37.0. The lowest BCUT2D eigenvalue weighted by Gasteiger charge is -2.33. The second-order valence-electron chi connectivity index (χ2n) is 16.4. The third-order valence-corrected chi connectivity index (χ3v) is 11.1. The zero-order chi connectivity index (χ0) is 45.0. The zero-order valence-electron chi connectivity index (χ0n) is 37.0. The fraction of sp³-hybridized carbons (Fsp3) is 0.592. The van der Waals surface area contributed by atoms with Gasteiger partial charge in [-0.2, -0.15) is 0 Å². The second kappa shape index (κ2) is 31.2. The van der Waals surface area contributed by atoms with Crippen LogP contribution in [-0.4, -0.2) is 104 Å². The number of hydrogen-bond donors (Lipinski definition) is 7. The lowest BCUT2D eigenvalue weighted by atomic mass is 9.81. The van der Waals surface area contributed by atoms with E-state index in [0.717, 1.165) is 17.6 Å². The number of rotatable bonds is 15. The van der Waals surface area contributed by atoms with E-state index in [1.54, 1.807) is 47.0 Å². The molecule has 1 heterocycles. The lowest BCUT2D eigenvalue weighted by molar-refractivity contribution is -0.159. The van der Waals surface area contributed by atoms with Gasteiger partial charge in [0.25, 0.3) is 0 Å². The molecule has 0 aromatic heterocycles. The summed E-state index contributed by atoms with van der Waals surface area (Å²) in [5, 5.41) is 74.2. The van der Waals surface area contributed by atoms with Gasteiger partial charge in [-0.25, -0.2) is 0 Å². The van der Waals surface area contributed by atoms with Gasteiger partial charge in [0.1, 0.15) is 6.10 Å². The molecule has 0 aliphatic carbocycles. The summed E-state index contributed by atoms with van der Waals surface area (Å²) < 4.78 is 11.5. The predicted molar refractivity (Wildman–Crippen MR) is 239 cm³/mol. The van der Waals surface area contributed by atoms with Gasteiger partial charge in [0.2, 0.25) is 0 Å². The fourth-order valence-corrected chi connectivity index (χ4v) is 6.86. The smallest absolute Gasteiger partial charge is 0.308 e. The van der Waals surface area contributed by atoms with Crippen LogP contribution >= 0.6 is 0 Å². The highest BCUT2D eigenvalue weighted by molar-refractivity contribution is 5.70. The van der Waals surface area contributed by atoms with Crippen LogP contribution in [0.25, 0.3) is 0 Å². The Morgan fingerprint density at radius 1 is 0.850 bits per heavy atom. The summed E-state index contributed by atoms with van der Waals surface area (Å²) >= 11 is 0. The van der Waals surface area contributed by atoms with Gasteiger partial charge >= 0.3 is 11.9 Å². The van der Waals surface area contributed by atoms with Crippen LogP contribution in [0.3, 0.4) is 0 Å². The second-order valence-corrected chi connectivity index (χ2v) is 16.4. The van der Waals surface area contributed by atoms with Gasteiger partial charge in [-0.15, -0.1) is 0 Å². The molecule has 11 heteroatoms. The molecule has 0 fully saturated rings. The first-order valence-electron chi connectivity index (χ1n) is 21.5. The average molecular weight is 841 g/mol. The molecular formula is C49H76O11.